The number of H-pyrrole nitrogens is 1. The van der Waals surface area contributed by atoms with E-state index in [-0.39, 0.29) is 16.9 Å². The summed E-state index contributed by atoms with van der Waals surface area (Å²) in [6.45, 7) is 2.50. The number of hydrogen-bond donors (Lipinski definition) is 2. The molecule has 1 aliphatic heterocycles. The number of aliphatic hydroxyl groups is 1. The lowest BCUT2D eigenvalue weighted by atomic mass is 9.94. The lowest BCUT2D eigenvalue weighted by Gasteiger charge is -2.25. The highest BCUT2D eigenvalue weighted by atomic mass is 16.5. The van der Waals surface area contributed by atoms with E-state index in [1.54, 1.807) is 29.3 Å². The maximum absolute atomic E-state index is 13.3. The molecule has 1 aromatic heterocycles. The third-order valence-corrected chi connectivity index (χ3v) is 6.12. The first kappa shape index (κ1) is 22.5. The molecule has 172 valence electrons. The van der Waals surface area contributed by atoms with Crippen molar-refractivity contribution in [3.63, 3.8) is 0 Å². The summed E-state index contributed by atoms with van der Waals surface area (Å²) in [5, 5.41) is 12.4. The van der Waals surface area contributed by atoms with Gasteiger partial charge in [0.05, 0.1) is 25.8 Å². The number of carbonyl (C=O) groups excluding carboxylic acids is 2. The molecule has 4 rings (SSSR count). The van der Waals surface area contributed by atoms with Crippen LogP contribution in [-0.2, 0) is 9.59 Å². The molecule has 0 aliphatic carbocycles. The minimum absolute atomic E-state index is 0.0315. The van der Waals surface area contributed by atoms with Gasteiger partial charge in [0.2, 0.25) is 0 Å². The maximum atomic E-state index is 13.3. The van der Waals surface area contributed by atoms with Crippen LogP contribution in [0, 0.1) is 0 Å². The number of rotatable bonds is 8. The molecular weight excluding hydrogens is 420 g/mol. The van der Waals surface area contributed by atoms with Crippen molar-refractivity contribution in [2.24, 2.45) is 0 Å². The Morgan fingerprint density at radius 2 is 1.73 bits per heavy atom. The molecule has 7 nitrogen and oxygen atoms in total. The predicted octanol–water partition coefficient (Wildman–Crippen LogP) is 4.80. The van der Waals surface area contributed by atoms with Gasteiger partial charge in [-0.05, 0) is 24.6 Å². The first-order valence-electron chi connectivity index (χ1n) is 11.1. The average Bonchev–Trinajstić information content (AvgIpc) is 3.37. The van der Waals surface area contributed by atoms with Crippen molar-refractivity contribution in [3.05, 3.63) is 65.4 Å². The monoisotopic (exact) mass is 448 g/mol. The van der Waals surface area contributed by atoms with Crippen LogP contribution in [0.4, 0.5) is 0 Å². The Labute approximate surface area is 192 Å². The molecule has 1 aliphatic rings. The van der Waals surface area contributed by atoms with Gasteiger partial charge >= 0.3 is 0 Å². The first-order valence-corrected chi connectivity index (χ1v) is 11.1. The number of ether oxygens (including phenoxy) is 2. The van der Waals surface area contributed by atoms with Crippen molar-refractivity contribution in [2.45, 2.75) is 32.2 Å². The number of aliphatic hydroxyl groups excluding tert-OH is 1. The number of methoxy groups -OCH3 is 2. The molecule has 2 aromatic carbocycles. The quantitative estimate of drug-likeness (QED) is 0.224. The molecule has 0 saturated carbocycles. The fourth-order valence-electron chi connectivity index (χ4n) is 4.51. The summed E-state index contributed by atoms with van der Waals surface area (Å²) in [6.07, 6.45) is 4.49. The van der Waals surface area contributed by atoms with Crippen molar-refractivity contribution >= 4 is 28.4 Å². The number of para-hydroxylation sites is 1. The summed E-state index contributed by atoms with van der Waals surface area (Å²) < 4.78 is 10.9. The van der Waals surface area contributed by atoms with Crippen LogP contribution in [0.5, 0.6) is 11.5 Å². The number of hydrogen-bond acceptors (Lipinski definition) is 5. The molecule has 1 saturated heterocycles. The Balaban J connectivity index is 1.96. The van der Waals surface area contributed by atoms with E-state index in [1.165, 1.54) is 14.2 Å². The Hall–Kier alpha value is -3.74. The SMILES string of the molecule is CCCCCN1C(=O)C(=O)/C(=C(/O)c2c(OC)cccc2OC)C1c1c[nH]c2ccccc12. The van der Waals surface area contributed by atoms with Gasteiger partial charge in [0.25, 0.3) is 11.7 Å². The zero-order chi connectivity index (χ0) is 23.5. The van der Waals surface area contributed by atoms with Crippen LogP contribution in [-0.4, -0.2) is 47.4 Å². The summed E-state index contributed by atoms with van der Waals surface area (Å²) in [4.78, 5) is 31.3. The van der Waals surface area contributed by atoms with Gasteiger partial charge in [-0.1, -0.05) is 44.0 Å². The Morgan fingerprint density at radius 1 is 1.03 bits per heavy atom. The molecule has 7 heteroatoms. The van der Waals surface area contributed by atoms with E-state index in [1.807, 2.05) is 24.3 Å². The van der Waals surface area contributed by atoms with Crippen LogP contribution >= 0.6 is 0 Å². The van der Waals surface area contributed by atoms with Gasteiger partial charge in [-0.25, -0.2) is 0 Å². The van der Waals surface area contributed by atoms with Crippen LogP contribution in [0.2, 0.25) is 0 Å². The molecule has 1 unspecified atom stereocenters. The van der Waals surface area contributed by atoms with E-state index in [0.29, 0.717) is 18.0 Å². The molecule has 1 atom stereocenters. The zero-order valence-corrected chi connectivity index (χ0v) is 19.1. The second-order valence-electron chi connectivity index (χ2n) is 8.03. The van der Waals surface area contributed by atoms with Crippen LogP contribution < -0.4 is 9.47 Å². The van der Waals surface area contributed by atoms with Gasteiger partial charge < -0.3 is 24.5 Å². The smallest absolute Gasteiger partial charge is 0.295 e. The molecule has 2 N–H and O–H groups in total. The second-order valence-corrected chi connectivity index (χ2v) is 8.03. The third kappa shape index (κ3) is 3.84. The van der Waals surface area contributed by atoms with Crippen LogP contribution in [0.1, 0.15) is 43.4 Å². The number of aromatic amines is 1. The van der Waals surface area contributed by atoms with Gasteiger partial charge in [-0.3, -0.25) is 9.59 Å². The molecule has 0 bridgehead atoms. The number of amides is 1. The van der Waals surface area contributed by atoms with E-state index in [2.05, 4.69) is 11.9 Å². The van der Waals surface area contributed by atoms with Gasteiger partial charge in [0, 0.05) is 29.2 Å². The summed E-state index contributed by atoms with van der Waals surface area (Å²) >= 11 is 0. The van der Waals surface area contributed by atoms with Crippen molar-refractivity contribution in [3.8, 4) is 11.5 Å². The standard InChI is InChI=1S/C26H28N2O5/c1-4-5-8-14-28-23(17-15-27-18-11-7-6-10-16(17)18)22(25(30)26(28)31)24(29)21-19(32-2)12-9-13-20(21)33-3/h6-7,9-13,15,23,27,29H,4-5,8,14H2,1-3H3/b24-22+. The fraction of sp³-hybridized carbons (Fsp3) is 0.308. The van der Waals surface area contributed by atoms with E-state index >= 15 is 0 Å². The third-order valence-electron chi connectivity index (χ3n) is 6.12. The van der Waals surface area contributed by atoms with Crippen LogP contribution in [0.15, 0.2) is 54.2 Å². The van der Waals surface area contributed by atoms with Crippen molar-refractivity contribution in [1.29, 1.82) is 0 Å². The number of Topliss-reactive ketones (excluding diaryl/α,β-unsaturated/α-hetero) is 1. The number of fused-ring (bicyclic) bond motifs is 1. The minimum atomic E-state index is -0.729. The summed E-state index contributed by atoms with van der Waals surface area (Å²) in [5.41, 5.74) is 1.93. The van der Waals surface area contributed by atoms with Gasteiger partial charge in [-0.2, -0.15) is 0 Å². The van der Waals surface area contributed by atoms with Crippen molar-refractivity contribution in [2.75, 3.05) is 20.8 Å². The van der Waals surface area contributed by atoms with Gasteiger partial charge in [0.15, 0.2) is 0 Å². The van der Waals surface area contributed by atoms with E-state index in [9.17, 15) is 14.7 Å². The fourth-order valence-corrected chi connectivity index (χ4v) is 4.51. The number of aromatic nitrogens is 1. The van der Waals surface area contributed by atoms with Gasteiger partial charge in [0.1, 0.15) is 22.8 Å². The zero-order valence-electron chi connectivity index (χ0n) is 19.1. The second kappa shape index (κ2) is 9.40. The molecule has 1 amide bonds. The number of benzene rings is 2. The molecule has 2 heterocycles. The largest absolute Gasteiger partial charge is 0.506 e. The normalized spacial score (nSPS) is 17.7. The first-order chi connectivity index (χ1) is 16.0. The number of unbranched alkanes of at least 4 members (excludes halogenated alkanes) is 2. The Morgan fingerprint density at radius 3 is 2.39 bits per heavy atom. The number of carbonyl (C=O) groups is 2. The van der Waals surface area contributed by atoms with E-state index in [0.717, 1.165) is 35.7 Å². The Kier molecular flexibility index (Phi) is 6.40. The molecule has 3 aromatic rings. The highest BCUT2D eigenvalue weighted by Crippen LogP contribution is 2.45. The van der Waals surface area contributed by atoms with Crippen molar-refractivity contribution < 1.29 is 24.2 Å². The van der Waals surface area contributed by atoms with E-state index < -0.39 is 17.7 Å². The molecule has 33 heavy (non-hydrogen) atoms. The van der Waals surface area contributed by atoms with E-state index in [4.69, 9.17) is 9.47 Å². The lowest BCUT2D eigenvalue weighted by Crippen LogP contribution is -2.30. The number of nitrogens with one attached hydrogen (secondary N) is 1. The molecule has 0 radical (unpaired) electrons. The molecular formula is C26H28N2O5. The summed E-state index contributed by atoms with van der Waals surface area (Å²) in [7, 11) is 2.96. The minimum Gasteiger partial charge on any atom is -0.506 e. The maximum Gasteiger partial charge on any atom is 0.295 e. The van der Waals surface area contributed by atoms with Gasteiger partial charge in [-0.15, -0.1) is 0 Å². The molecule has 1 fully saturated rings. The van der Waals surface area contributed by atoms with Crippen molar-refractivity contribution in [1.82, 2.24) is 9.88 Å². The Bertz CT molecular complexity index is 1200. The predicted molar refractivity (Wildman–Crippen MR) is 126 cm³/mol. The average molecular weight is 449 g/mol. The summed E-state index contributed by atoms with van der Waals surface area (Å²) in [6, 6.07) is 12.1. The van der Waals surface area contributed by atoms with Crippen LogP contribution in [0.25, 0.3) is 16.7 Å². The highest BCUT2D eigenvalue weighted by molar-refractivity contribution is 6.46. The van der Waals surface area contributed by atoms with Crippen LogP contribution in [0.3, 0.4) is 0 Å². The number of ketones is 1. The lowest BCUT2D eigenvalue weighted by molar-refractivity contribution is -0.139. The summed E-state index contributed by atoms with van der Waals surface area (Å²) in [5.74, 6) is -0.941. The molecule has 0 spiro atoms. The topological polar surface area (TPSA) is 91.9 Å². The number of nitrogens with zero attached hydrogens (tertiary/aromatic N) is 1. The number of likely N-dealkylation sites (tertiary alicyclic amines) is 1. The highest BCUT2D eigenvalue weighted by Gasteiger charge is 2.47.